The van der Waals surface area contributed by atoms with Gasteiger partial charge in [-0.15, -0.1) is 5.10 Å². The molecule has 0 saturated carbocycles. The third kappa shape index (κ3) is 3.43. The smallest absolute Gasteiger partial charge is 0.198 e. The van der Waals surface area contributed by atoms with E-state index >= 15 is 0 Å². The van der Waals surface area contributed by atoms with Crippen molar-refractivity contribution < 1.29 is 9.57 Å². The average molecular weight is 394 g/mol. The quantitative estimate of drug-likeness (QED) is 0.669. The molecular weight excluding hydrogens is 372 g/mol. The number of ether oxygens (including phenoxy) is 1. The van der Waals surface area contributed by atoms with E-state index in [4.69, 9.17) is 14.7 Å². The Balaban J connectivity index is 1.53. The molecule has 29 heavy (non-hydrogen) atoms. The fraction of sp³-hybridized carbons (Fsp3) is 0.316. The Morgan fingerprint density at radius 2 is 2.03 bits per heavy atom. The Labute approximate surface area is 167 Å². The number of aryl methyl sites for hydroxylation is 1. The zero-order chi connectivity index (χ0) is 19.6. The summed E-state index contributed by atoms with van der Waals surface area (Å²) in [4.78, 5) is 16.3. The highest BCUT2D eigenvalue weighted by Gasteiger charge is 2.27. The van der Waals surface area contributed by atoms with Crippen molar-refractivity contribution in [1.29, 1.82) is 0 Å². The SMILES string of the molecule is Cc1cc(CNc2ccnc3c(N4CCOCC4)c(N4C=CON4)nn23)ccn1. The van der Waals surface area contributed by atoms with Crippen LogP contribution in [0.1, 0.15) is 11.3 Å². The normalized spacial score (nSPS) is 16.4. The van der Waals surface area contributed by atoms with E-state index in [0.717, 1.165) is 47.3 Å². The first-order valence-electron chi connectivity index (χ1n) is 9.52. The van der Waals surface area contributed by atoms with E-state index in [1.165, 1.54) is 0 Å². The van der Waals surface area contributed by atoms with Gasteiger partial charge in [-0.3, -0.25) is 4.98 Å². The molecule has 5 rings (SSSR count). The molecule has 0 aromatic carbocycles. The highest BCUT2D eigenvalue weighted by molar-refractivity contribution is 5.83. The number of hydrogen-bond acceptors (Lipinski definition) is 9. The van der Waals surface area contributed by atoms with E-state index in [1.807, 2.05) is 29.8 Å². The van der Waals surface area contributed by atoms with Crippen LogP contribution in [0.25, 0.3) is 5.65 Å². The molecule has 2 N–H and O–H groups in total. The van der Waals surface area contributed by atoms with Crippen molar-refractivity contribution in [2.75, 3.05) is 41.5 Å². The van der Waals surface area contributed by atoms with Gasteiger partial charge in [0, 0.05) is 37.7 Å². The standard InChI is InChI=1S/C19H22N8O2/c1-14-12-15(2-4-20-14)13-22-16-3-5-21-18-17(25-6-9-28-10-7-25)19(23-27(16)18)26-8-11-29-24-26/h2-5,8,11-12,22,24H,6-7,9-10,13H2,1H3. The van der Waals surface area contributed by atoms with E-state index in [-0.39, 0.29) is 0 Å². The summed E-state index contributed by atoms with van der Waals surface area (Å²) in [5, 5.41) is 10.0. The number of anilines is 3. The highest BCUT2D eigenvalue weighted by Crippen LogP contribution is 2.34. The number of aromatic nitrogens is 4. The highest BCUT2D eigenvalue weighted by atomic mass is 16.7. The number of nitrogens with zero attached hydrogens (tertiary/aromatic N) is 6. The van der Waals surface area contributed by atoms with Gasteiger partial charge in [-0.05, 0) is 30.7 Å². The molecule has 0 radical (unpaired) electrons. The van der Waals surface area contributed by atoms with Crippen LogP contribution < -0.4 is 20.8 Å². The molecule has 0 unspecified atom stereocenters. The van der Waals surface area contributed by atoms with Crippen LogP contribution in [0.3, 0.4) is 0 Å². The van der Waals surface area contributed by atoms with E-state index in [0.29, 0.717) is 19.8 Å². The van der Waals surface area contributed by atoms with Crippen LogP contribution in [-0.2, 0) is 16.1 Å². The Hall–Kier alpha value is -3.37. The summed E-state index contributed by atoms with van der Waals surface area (Å²) in [5.74, 6) is 1.58. The second-order valence-corrected chi connectivity index (χ2v) is 6.86. The van der Waals surface area contributed by atoms with Crippen molar-refractivity contribution in [2.45, 2.75) is 13.5 Å². The fourth-order valence-corrected chi connectivity index (χ4v) is 3.52. The summed E-state index contributed by atoms with van der Waals surface area (Å²) in [6.07, 6.45) is 6.99. The first kappa shape index (κ1) is 17.7. The van der Waals surface area contributed by atoms with Crippen LogP contribution >= 0.6 is 0 Å². The van der Waals surface area contributed by atoms with E-state index < -0.39 is 0 Å². The molecular formula is C19H22N8O2. The Morgan fingerprint density at radius 3 is 2.83 bits per heavy atom. The van der Waals surface area contributed by atoms with Crippen LogP contribution in [0.2, 0.25) is 0 Å². The molecule has 10 heteroatoms. The molecule has 0 atom stereocenters. The maximum absolute atomic E-state index is 5.52. The number of nitrogens with one attached hydrogen (secondary N) is 2. The van der Waals surface area contributed by atoms with Gasteiger partial charge in [0.2, 0.25) is 0 Å². The first-order valence-corrected chi connectivity index (χ1v) is 9.52. The third-order valence-corrected chi connectivity index (χ3v) is 4.90. The maximum Gasteiger partial charge on any atom is 0.198 e. The first-order chi connectivity index (χ1) is 14.3. The number of rotatable bonds is 5. The van der Waals surface area contributed by atoms with E-state index in [9.17, 15) is 0 Å². The van der Waals surface area contributed by atoms with Gasteiger partial charge in [0.25, 0.3) is 0 Å². The van der Waals surface area contributed by atoms with Gasteiger partial charge < -0.3 is 19.8 Å². The number of fused-ring (bicyclic) bond motifs is 1. The second-order valence-electron chi connectivity index (χ2n) is 6.86. The van der Waals surface area contributed by atoms with Crippen molar-refractivity contribution in [1.82, 2.24) is 25.2 Å². The minimum atomic E-state index is 0.662. The maximum atomic E-state index is 5.52. The molecule has 10 nitrogen and oxygen atoms in total. The van der Waals surface area contributed by atoms with E-state index in [1.54, 1.807) is 23.7 Å². The predicted octanol–water partition coefficient (Wildman–Crippen LogP) is 1.61. The fourth-order valence-electron chi connectivity index (χ4n) is 3.52. The molecule has 2 aliphatic rings. The Bertz CT molecular complexity index is 1040. The summed E-state index contributed by atoms with van der Waals surface area (Å²) in [6, 6.07) is 5.99. The van der Waals surface area contributed by atoms with Crippen LogP contribution in [0.15, 0.2) is 43.1 Å². The number of hydrogen-bond donors (Lipinski definition) is 2. The largest absolute Gasteiger partial charge is 0.395 e. The molecule has 0 bridgehead atoms. The topological polar surface area (TPSA) is 92.1 Å². The molecule has 150 valence electrons. The van der Waals surface area contributed by atoms with E-state index in [2.05, 4.69) is 31.8 Å². The molecule has 5 heterocycles. The molecule has 3 aromatic rings. The number of morpholine rings is 1. The summed E-state index contributed by atoms with van der Waals surface area (Å²) in [6.45, 7) is 5.56. The zero-order valence-electron chi connectivity index (χ0n) is 16.1. The number of hydrazine groups is 1. The molecule has 3 aromatic heterocycles. The van der Waals surface area contributed by atoms with Crippen LogP contribution in [-0.4, -0.2) is 45.9 Å². The molecule has 0 aliphatic carbocycles. The van der Waals surface area contributed by atoms with Crippen molar-refractivity contribution in [2.24, 2.45) is 0 Å². The molecule has 0 amide bonds. The molecule has 1 fully saturated rings. The monoisotopic (exact) mass is 394 g/mol. The van der Waals surface area contributed by atoms with Crippen LogP contribution in [0.5, 0.6) is 0 Å². The van der Waals surface area contributed by atoms with Crippen molar-refractivity contribution in [3.63, 3.8) is 0 Å². The summed E-state index contributed by atoms with van der Waals surface area (Å²) in [7, 11) is 0. The van der Waals surface area contributed by atoms with Gasteiger partial charge in [-0.1, -0.05) is 5.59 Å². The Morgan fingerprint density at radius 1 is 1.17 bits per heavy atom. The minimum Gasteiger partial charge on any atom is -0.395 e. The lowest BCUT2D eigenvalue weighted by molar-refractivity contribution is 0.122. The van der Waals surface area contributed by atoms with Gasteiger partial charge >= 0.3 is 0 Å². The van der Waals surface area contributed by atoms with Crippen molar-refractivity contribution >= 4 is 23.0 Å². The lowest BCUT2D eigenvalue weighted by Gasteiger charge is -2.29. The Kier molecular flexibility index (Phi) is 4.62. The van der Waals surface area contributed by atoms with Gasteiger partial charge in [0.15, 0.2) is 11.5 Å². The lowest BCUT2D eigenvalue weighted by atomic mass is 10.2. The number of pyridine rings is 1. The molecule has 1 saturated heterocycles. The van der Waals surface area contributed by atoms with Gasteiger partial charge in [0.05, 0.1) is 19.4 Å². The molecule has 2 aliphatic heterocycles. The zero-order valence-corrected chi connectivity index (χ0v) is 16.1. The molecule has 0 spiro atoms. The summed E-state index contributed by atoms with van der Waals surface area (Å²) < 4.78 is 7.36. The van der Waals surface area contributed by atoms with Gasteiger partial charge in [-0.25, -0.2) is 9.99 Å². The van der Waals surface area contributed by atoms with Crippen molar-refractivity contribution in [3.05, 3.63) is 54.3 Å². The predicted molar refractivity (Wildman–Crippen MR) is 108 cm³/mol. The third-order valence-electron chi connectivity index (χ3n) is 4.90. The van der Waals surface area contributed by atoms with Gasteiger partial charge in [-0.2, -0.15) is 4.52 Å². The lowest BCUT2D eigenvalue weighted by Crippen LogP contribution is -2.38. The van der Waals surface area contributed by atoms with Gasteiger partial charge in [0.1, 0.15) is 17.8 Å². The average Bonchev–Trinajstić information content (AvgIpc) is 3.41. The summed E-state index contributed by atoms with van der Waals surface area (Å²) in [5.41, 5.74) is 6.70. The van der Waals surface area contributed by atoms with Crippen LogP contribution in [0, 0.1) is 6.92 Å². The van der Waals surface area contributed by atoms with Crippen LogP contribution in [0.4, 0.5) is 17.3 Å². The summed E-state index contributed by atoms with van der Waals surface area (Å²) >= 11 is 0. The minimum absolute atomic E-state index is 0.662. The van der Waals surface area contributed by atoms with Crippen molar-refractivity contribution in [3.8, 4) is 0 Å². The second kappa shape index (κ2) is 7.57.